The molecule has 0 fully saturated rings. The number of amides is 3. The Labute approximate surface area is 145 Å². The van der Waals surface area contributed by atoms with E-state index in [2.05, 4.69) is 16.0 Å². The molecule has 1 aliphatic heterocycles. The van der Waals surface area contributed by atoms with Gasteiger partial charge in [-0.1, -0.05) is 30.3 Å². The minimum atomic E-state index is -0.599. The van der Waals surface area contributed by atoms with Crippen LogP contribution in [0.3, 0.4) is 0 Å². The minimum Gasteiger partial charge on any atom is -0.508 e. The molecule has 3 amide bonds. The zero-order valence-electron chi connectivity index (χ0n) is 14.0. The summed E-state index contributed by atoms with van der Waals surface area (Å²) in [5.74, 6) is -0.173. The number of phenolic OH excluding ortho intramolecular Hbond substituents is 1. The summed E-state index contributed by atoms with van der Waals surface area (Å²) < 4.78 is 0. The van der Waals surface area contributed by atoms with Crippen molar-refractivity contribution in [3.05, 3.63) is 70.9 Å². The molecule has 25 heavy (non-hydrogen) atoms. The minimum absolute atomic E-state index is 0.121. The van der Waals surface area contributed by atoms with E-state index in [0.717, 1.165) is 5.56 Å². The van der Waals surface area contributed by atoms with Crippen LogP contribution in [0, 0.1) is 6.92 Å². The van der Waals surface area contributed by atoms with Gasteiger partial charge in [-0.05, 0) is 43.2 Å². The van der Waals surface area contributed by atoms with E-state index in [1.165, 1.54) is 12.1 Å². The van der Waals surface area contributed by atoms with Gasteiger partial charge in [-0.25, -0.2) is 4.79 Å². The molecular formula is C19H19N3O3. The molecule has 0 spiro atoms. The average molecular weight is 337 g/mol. The van der Waals surface area contributed by atoms with E-state index in [-0.39, 0.29) is 17.7 Å². The standard InChI is InChI=1S/C19H19N3O3/c1-11-5-3-4-6-15(11)21-18(24)16-12(2)20-19(25)22-17(16)13-7-9-14(23)10-8-13/h3-10,17,23H,1-2H3,(H,21,24)(H2,20,22,25)/t17-/m0/s1. The molecular weight excluding hydrogens is 318 g/mol. The first kappa shape index (κ1) is 16.6. The van der Waals surface area contributed by atoms with Gasteiger partial charge in [0.15, 0.2) is 0 Å². The van der Waals surface area contributed by atoms with Crippen LogP contribution in [0.4, 0.5) is 10.5 Å². The molecule has 128 valence electrons. The van der Waals surface area contributed by atoms with E-state index in [4.69, 9.17) is 0 Å². The van der Waals surface area contributed by atoms with Crippen LogP contribution in [0.1, 0.15) is 24.1 Å². The Morgan fingerprint density at radius 3 is 2.44 bits per heavy atom. The molecule has 1 heterocycles. The lowest BCUT2D eigenvalue weighted by molar-refractivity contribution is -0.113. The van der Waals surface area contributed by atoms with Crippen LogP contribution in [0.2, 0.25) is 0 Å². The number of hydrogen-bond donors (Lipinski definition) is 4. The Hall–Kier alpha value is -3.28. The third-order valence-electron chi connectivity index (χ3n) is 4.13. The van der Waals surface area contributed by atoms with Gasteiger partial charge in [0.05, 0.1) is 11.6 Å². The molecule has 6 nitrogen and oxygen atoms in total. The van der Waals surface area contributed by atoms with Crippen LogP contribution < -0.4 is 16.0 Å². The monoisotopic (exact) mass is 337 g/mol. The SMILES string of the molecule is CC1=C(C(=O)Nc2ccccc2C)[C@H](c2ccc(O)cc2)NC(=O)N1. The summed E-state index contributed by atoms with van der Waals surface area (Å²) in [6, 6.07) is 12.9. The maximum atomic E-state index is 12.9. The Morgan fingerprint density at radius 1 is 1.08 bits per heavy atom. The molecule has 3 rings (SSSR count). The van der Waals surface area contributed by atoms with Gasteiger partial charge in [0.2, 0.25) is 0 Å². The predicted octanol–water partition coefficient (Wildman–Crippen LogP) is 2.97. The smallest absolute Gasteiger partial charge is 0.319 e. The van der Waals surface area contributed by atoms with Crippen molar-refractivity contribution >= 4 is 17.6 Å². The number of hydrogen-bond acceptors (Lipinski definition) is 3. The van der Waals surface area contributed by atoms with Gasteiger partial charge < -0.3 is 21.1 Å². The number of aromatic hydroxyl groups is 1. The van der Waals surface area contributed by atoms with Crippen molar-refractivity contribution in [3.8, 4) is 5.75 Å². The molecule has 0 aromatic heterocycles. The van der Waals surface area contributed by atoms with E-state index in [0.29, 0.717) is 22.5 Å². The predicted molar refractivity (Wildman–Crippen MR) is 95.0 cm³/mol. The summed E-state index contributed by atoms with van der Waals surface area (Å²) >= 11 is 0. The molecule has 0 bridgehead atoms. The first-order valence-electron chi connectivity index (χ1n) is 7.90. The van der Waals surface area contributed by atoms with Crippen LogP contribution >= 0.6 is 0 Å². The Morgan fingerprint density at radius 2 is 1.76 bits per heavy atom. The van der Waals surface area contributed by atoms with Crippen molar-refractivity contribution in [2.75, 3.05) is 5.32 Å². The summed E-state index contributed by atoms with van der Waals surface area (Å²) in [6.07, 6.45) is 0. The summed E-state index contributed by atoms with van der Waals surface area (Å²) in [7, 11) is 0. The number of nitrogens with one attached hydrogen (secondary N) is 3. The molecule has 6 heteroatoms. The Kier molecular flexibility index (Phi) is 4.43. The van der Waals surface area contributed by atoms with Crippen LogP contribution in [0.25, 0.3) is 0 Å². The summed E-state index contributed by atoms with van der Waals surface area (Å²) in [5, 5.41) is 17.8. The lowest BCUT2D eigenvalue weighted by Gasteiger charge is -2.28. The highest BCUT2D eigenvalue weighted by molar-refractivity contribution is 6.07. The van der Waals surface area contributed by atoms with Gasteiger partial charge in [0, 0.05) is 11.4 Å². The molecule has 0 radical (unpaired) electrons. The number of carbonyl (C=O) groups excluding carboxylic acids is 2. The highest BCUT2D eigenvalue weighted by Gasteiger charge is 2.31. The van der Waals surface area contributed by atoms with Crippen molar-refractivity contribution < 1.29 is 14.7 Å². The second kappa shape index (κ2) is 6.68. The zero-order valence-corrected chi connectivity index (χ0v) is 14.0. The molecule has 0 unspecified atom stereocenters. The lowest BCUT2D eigenvalue weighted by Crippen LogP contribution is -2.46. The van der Waals surface area contributed by atoms with Crippen LogP contribution in [0.15, 0.2) is 59.8 Å². The Balaban J connectivity index is 1.96. The number of carbonyl (C=O) groups is 2. The van der Waals surface area contributed by atoms with Crippen molar-refractivity contribution in [2.45, 2.75) is 19.9 Å². The number of allylic oxidation sites excluding steroid dienone is 1. The van der Waals surface area contributed by atoms with Crippen LogP contribution in [-0.2, 0) is 4.79 Å². The second-order valence-corrected chi connectivity index (χ2v) is 5.93. The quantitative estimate of drug-likeness (QED) is 0.694. The second-order valence-electron chi connectivity index (χ2n) is 5.93. The number of anilines is 1. The van der Waals surface area contributed by atoms with Crippen molar-refractivity contribution in [3.63, 3.8) is 0 Å². The molecule has 0 saturated heterocycles. The van der Waals surface area contributed by atoms with Gasteiger partial charge in [0.25, 0.3) is 5.91 Å². The summed E-state index contributed by atoms with van der Waals surface area (Å²) in [5.41, 5.74) is 3.29. The maximum absolute atomic E-state index is 12.9. The first-order valence-corrected chi connectivity index (χ1v) is 7.90. The normalized spacial score (nSPS) is 16.9. The molecule has 0 saturated carbocycles. The molecule has 0 aliphatic carbocycles. The van der Waals surface area contributed by atoms with E-state index in [1.54, 1.807) is 19.1 Å². The van der Waals surface area contributed by atoms with Crippen molar-refractivity contribution in [2.24, 2.45) is 0 Å². The molecule has 1 aliphatic rings. The number of benzene rings is 2. The number of urea groups is 1. The highest BCUT2D eigenvalue weighted by atomic mass is 16.3. The van der Waals surface area contributed by atoms with E-state index >= 15 is 0 Å². The molecule has 2 aromatic carbocycles. The number of rotatable bonds is 3. The number of para-hydroxylation sites is 1. The fourth-order valence-corrected chi connectivity index (χ4v) is 2.81. The van der Waals surface area contributed by atoms with Crippen LogP contribution in [-0.4, -0.2) is 17.0 Å². The highest BCUT2D eigenvalue weighted by Crippen LogP contribution is 2.29. The van der Waals surface area contributed by atoms with Gasteiger partial charge in [-0.2, -0.15) is 0 Å². The van der Waals surface area contributed by atoms with Crippen molar-refractivity contribution in [1.82, 2.24) is 10.6 Å². The van der Waals surface area contributed by atoms with Crippen LogP contribution in [0.5, 0.6) is 5.75 Å². The zero-order chi connectivity index (χ0) is 18.0. The largest absolute Gasteiger partial charge is 0.508 e. The van der Waals surface area contributed by atoms with E-state index < -0.39 is 6.04 Å². The molecule has 2 aromatic rings. The topological polar surface area (TPSA) is 90.5 Å². The van der Waals surface area contributed by atoms with E-state index in [9.17, 15) is 14.7 Å². The third kappa shape index (κ3) is 3.47. The number of phenols is 1. The average Bonchev–Trinajstić information content (AvgIpc) is 2.57. The van der Waals surface area contributed by atoms with Gasteiger partial charge in [0.1, 0.15) is 5.75 Å². The van der Waals surface area contributed by atoms with Gasteiger partial charge >= 0.3 is 6.03 Å². The molecule has 1 atom stereocenters. The molecule has 4 N–H and O–H groups in total. The Bertz CT molecular complexity index is 856. The van der Waals surface area contributed by atoms with Gasteiger partial charge in [-0.15, -0.1) is 0 Å². The van der Waals surface area contributed by atoms with E-state index in [1.807, 2.05) is 31.2 Å². The van der Waals surface area contributed by atoms with Crippen molar-refractivity contribution in [1.29, 1.82) is 0 Å². The third-order valence-corrected chi connectivity index (χ3v) is 4.13. The lowest BCUT2D eigenvalue weighted by atomic mass is 9.94. The number of aryl methyl sites for hydroxylation is 1. The van der Waals surface area contributed by atoms with Gasteiger partial charge in [-0.3, -0.25) is 4.79 Å². The first-order chi connectivity index (χ1) is 12.0. The fourth-order valence-electron chi connectivity index (χ4n) is 2.81. The summed E-state index contributed by atoms with van der Waals surface area (Å²) in [6.45, 7) is 3.61. The maximum Gasteiger partial charge on any atom is 0.319 e. The fraction of sp³-hybridized carbons (Fsp3) is 0.158. The summed E-state index contributed by atoms with van der Waals surface area (Å²) in [4.78, 5) is 24.7.